The molecular formula is C14H17FO4. The second-order valence-corrected chi connectivity index (χ2v) is 4.78. The Morgan fingerprint density at radius 1 is 1.26 bits per heavy atom. The number of aliphatic hydroxyl groups excluding tert-OH is 1. The first-order chi connectivity index (χ1) is 9.09. The summed E-state index contributed by atoms with van der Waals surface area (Å²) in [5.41, 5.74) is -0.473. The molecule has 1 aromatic carbocycles. The number of aromatic carboxylic acids is 1. The Kier molecular flexibility index (Phi) is 4.37. The number of benzene rings is 1. The Bertz CT molecular complexity index is 461. The molecule has 0 aromatic heterocycles. The smallest absolute Gasteiger partial charge is 0.342 e. The van der Waals surface area contributed by atoms with Crippen LogP contribution in [0.2, 0.25) is 0 Å². The minimum Gasteiger partial charge on any atom is -0.487 e. The van der Waals surface area contributed by atoms with Gasteiger partial charge in [-0.25, -0.2) is 9.18 Å². The van der Waals surface area contributed by atoms with Crippen LogP contribution in [-0.2, 0) is 0 Å². The number of carboxylic acid groups (broad SMARTS) is 1. The quantitative estimate of drug-likeness (QED) is 0.827. The van der Waals surface area contributed by atoms with Crippen LogP contribution in [0.5, 0.6) is 5.75 Å². The highest BCUT2D eigenvalue weighted by Crippen LogP contribution is 2.27. The van der Waals surface area contributed by atoms with Crippen LogP contribution in [0.25, 0.3) is 0 Å². The lowest BCUT2D eigenvalue weighted by Gasteiger charge is -2.23. The summed E-state index contributed by atoms with van der Waals surface area (Å²) in [6.45, 7) is 0. The van der Waals surface area contributed by atoms with Gasteiger partial charge in [-0.3, -0.25) is 0 Å². The molecule has 2 rings (SSSR count). The van der Waals surface area contributed by atoms with E-state index in [9.17, 15) is 14.3 Å². The van der Waals surface area contributed by atoms with Crippen LogP contribution in [0.4, 0.5) is 4.39 Å². The maximum Gasteiger partial charge on any atom is 0.342 e. The average molecular weight is 268 g/mol. The van der Waals surface area contributed by atoms with Gasteiger partial charge < -0.3 is 14.9 Å². The number of hydrogen-bond acceptors (Lipinski definition) is 3. The second-order valence-electron chi connectivity index (χ2n) is 4.78. The number of carbonyl (C=O) groups is 1. The Morgan fingerprint density at radius 3 is 2.74 bits per heavy atom. The third kappa shape index (κ3) is 3.23. The summed E-state index contributed by atoms with van der Waals surface area (Å²) in [5.74, 6) is -2.21. The van der Waals surface area contributed by atoms with Crippen LogP contribution in [0.3, 0.4) is 0 Å². The van der Waals surface area contributed by atoms with Crippen molar-refractivity contribution in [1.29, 1.82) is 0 Å². The molecule has 2 unspecified atom stereocenters. The van der Waals surface area contributed by atoms with Gasteiger partial charge in [0.15, 0.2) is 0 Å². The fraction of sp³-hybridized carbons (Fsp3) is 0.500. The summed E-state index contributed by atoms with van der Waals surface area (Å²) >= 11 is 0. The van der Waals surface area contributed by atoms with Crippen molar-refractivity contribution >= 4 is 5.97 Å². The van der Waals surface area contributed by atoms with Crippen LogP contribution >= 0.6 is 0 Å². The molecule has 19 heavy (non-hydrogen) atoms. The predicted molar refractivity (Wildman–Crippen MR) is 66.9 cm³/mol. The summed E-state index contributed by atoms with van der Waals surface area (Å²) < 4.78 is 19.1. The number of ether oxygens (including phenoxy) is 1. The molecule has 1 fully saturated rings. The topological polar surface area (TPSA) is 66.8 Å². The maximum atomic E-state index is 13.5. The zero-order valence-corrected chi connectivity index (χ0v) is 10.5. The van der Waals surface area contributed by atoms with Crippen molar-refractivity contribution in [1.82, 2.24) is 0 Å². The molecule has 0 spiro atoms. The first-order valence-electron chi connectivity index (χ1n) is 6.46. The molecule has 5 heteroatoms. The number of hydrogen-bond donors (Lipinski definition) is 2. The molecule has 4 nitrogen and oxygen atoms in total. The van der Waals surface area contributed by atoms with Gasteiger partial charge in [-0.05, 0) is 31.4 Å². The Labute approximate surface area is 110 Å². The van der Waals surface area contributed by atoms with E-state index in [1.54, 1.807) is 0 Å². The molecule has 0 aliphatic heterocycles. The van der Waals surface area contributed by atoms with Gasteiger partial charge in [-0.1, -0.05) is 18.9 Å². The number of halogens is 1. The van der Waals surface area contributed by atoms with E-state index in [4.69, 9.17) is 9.84 Å². The van der Waals surface area contributed by atoms with E-state index >= 15 is 0 Å². The lowest BCUT2D eigenvalue weighted by molar-refractivity contribution is 0.0302. The van der Waals surface area contributed by atoms with Crippen molar-refractivity contribution in [2.24, 2.45) is 0 Å². The Hall–Kier alpha value is -1.62. The lowest BCUT2D eigenvalue weighted by atomic mass is 10.1. The van der Waals surface area contributed by atoms with Crippen LogP contribution in [0.1, 0.15) is 42.5 Å². The summed E-state index contributed by atoms with van der Waals surface area (Å²) in [6.07, 6.45) is 3.04. The molecule has 0 bridgehead atoms. The summed E-state index contributed by atoms with van der Waals surface area (Å²) in [7, 11) is 0. The van der Waals surface area contributed by atoms with Crippen LogP contribution in [0, 0.1) is 5.82 Å². The molecule has 104 valence electrons. The van der Waals surface area contributed by atoms with Gasteiger partial charge in [-0.15, -0.1) is 0 Å². The lowest BCUT2D eigenvalue weighted by Crippen LogP contribution is -2.31. The summed E-state index contributed by atoms with van der Waals surface area (Å²) in [4.78, 5) is 11.1. The van der Waals surface area contributed by atoms with Crippen LogP contribution in [-0.4, -0.2) is 28.4 Å². The first kappa shape index (κ1) is 13.8. The molecule has 0 saturated heterocycles. The molecule has 2 N–H and O–H groups in total. The molecule has 0 heterocycles. The normalized spacial score (nSPS) is 23.7. The van der Waals surface area contributed by atoms with E-state index < -0.39 is 29.6 Å². The van der Waals surface area contributed by atoms with Crippen molar-refractivity contribution in [2.75, 3.05) is 0 Å². The maximum absolute atomic E-state index is 13.5. The molecule has 1 aromatic rings. The van der Waals surface area contributed by atoms with Crippen molar-refractivity contribution in [3.05, 3.63) is 29.6 Å². The molecule has 0 amide bonds. The monoisotopic (exact) mass is 268 g/mol. The van der Waals surface area contributed by atoms with Gasteiger partial charge in [0.05, 0.1) is 6.10 Å². The van der Waals surface area contributed by atoms with E-state index in [1.807, 2.05) is 0 Å². The van der Waals surface area contributed by atoms with E-state index in [-0.39, 0.29) is 5.75 Å². The zero-order chi connectivity index (χ0) is 13.8. The fourth-order valence-corrected chi connectivity index (χ4v) is 2.36. The highest BCUT2D eigenvalue weighted by molar-refractivity contribution is 5.91. The second kappa shape index (κ2) is 6.02. The van der Waals surface area contributed by atoms with Gasteiger partial charge in [0.1, 0.15) is 23.2 Å². The molecule has 0 radical (unpaired) electrons. The van der Waals surface area contributed by atoms with Crippen LogP contribution < -0.4 is 4.74 Å². The SMILES string of the molecule is O=C(O)c1c(F)cccc1OC1CCCCCC1O. The highest BCUT2D eigenvalue weighted by Gasteiger charge is 2.26. The van der Waals surface area contributed by atoms with Gasteiger partial charge >= 0.3 is 5.97 Å². The third-order valence-electron chi connectivity index (χ3n) is 3.39. The molecule has 1 aliphatic rings. The van der Waals surface area contributed by atoms with Gasteiger partial charge in [0.25, 0.3) is 0 Å². The summed E-state index contributed by atoms with van der Waals surface area (Å²) in [5, 5.41) is 19.0. The molecular weight excluding hydrogens is 251 g/mol. The minimum atomic E-state index is -1.36. The number of carboxylic acids is 1. The van der Waals surface area contributed by atoms with E-state index in [2.05, 4.69) is 0 Å². The zero-order valence-electron chi connectivity index (χ0n) is 10.5. The van der Waals surface area contributed by atoms with Gasteiger partial charge in [0, 0.05) is 0 Å². The standard InChI is InChI=1S/C14H17FO4/c15-9-5-4-8-12(13(9)14(17)18)19-11-7-3-1-2-6-10(11)16/h4-5,8,10-11,16H,1-3,6-7H2,(H,17,18). The van der Waals surface area contributed by atoms with Crippen molar-refractivity contribution < 1.29 is 24.1 Å². The molecule has 2 atom stereocenters. The van der Waals surface area contributed by atoms with Crippen LogP contribution in [0.15, 0.2) is 18.2 Å². The Balaban J connectivity index is 2.22. The van der Waals surface area contributed by atoms with Gasteiger partial charge in [-0.2, -0.15) is 0 Å². The predicted octanol–water partition coefficient (Wildman–Crippen LogP) is 2.60. The fourth-order valence-electron chi connectivity index (χ4n) is 2.36. The average Bonchev–Trinajstić information content (AvgIpc) is 2.54. The van der Waals surface area contributed by atoms with E-state index in [0.29, 0.717) is 12.8 Å². The minimum absolute atomic E-state index is 0.0153. The molecule has 1 saturated carbocycles. The third-order valence-corrected chi connectivity index (χ3v) is 3.39. The van der Waals surface area contributed by atoms with Crippen molar-refractivity contribution in [3.63, 3.8) is 0 Å². The summed E-state index contributed by atoms with van der Waals surface area (Å²) in [6, 6.07) is 3.91. The number of rotatable bonds is 3. The van der Waals surface area contributed by atoms with Crippen molar-refractivity contribution in [2.45, 2.75) is 44.3 Å². The van der Waals surface area contributed by atoms with Gasteiger partial charge in [0.2, 0.25) is 0 Å². The first-order valence-corrected chi connectivity index (χ1v) is 6.46. The number of aliphatic hydroxyl groups is 1. The highest BCUT2D eigenvalue weighted by atomic mass is 19.1. The Morgan fingerprint density at radius 2 is 2.00 bits per heavy atom. The largest absolute Gasteiger partial charge is 0.487 e. The molecule has 1 aliphatic carbocycles. The van der Waals surface area contributed by atoms with E-state index in [1.165, 1.54) is 12.1 Å². The van der Waals surface area contributed by atoms with Crippen molar-refractivity contribution in [3.8, 4) is 5.75 Å². The van der Waals surface area contributed by atoms with E-state index in [0.717, 1.165) is 25.3 Å².